The summed E-state index contributed by atoms with van der Waals surface area (Å²) in [4.78, 5) is 11.7. The normalized spacial score (nSPS) is 18.6. The van der Waals surface area contributed by atoms with Crippen molar-refractivity contribution in [2.24, 2.45) is 11.8 Å². The van der Waals surface area contributed by atoms with Gasteiger partial charge in [0.2, 0.25) is 0 Å². The molecule has 1 aliphatic carbocycles. The Hall–Kier alpha value is -0.770. The lowest BCUT2D eigenvalue weighted by atomic mass is 10.0. The quantitative estimate of drug-likeness (QED) is 0.350. The van der Waals surface area contributed by atoms with Crippen LogP contribution in [0.5, 0.6) is 0 Å². The molecule has 0 saturated heterocycles. The predicted octanol–water partition coefficient (Wildman–Crippen LogP) is 3.07. The summed E-state index contributed by atoms with van der Waals surface area (Å²) in [6.07, 6.45) is 7.08. The molecule has 1 saturated carbocycles. The van der Waals surface area contributed by atoms with Gasteiger partial charge >= 0.3 is 6.09 Å². The van der Waals surface area contributed by atoms with E-state index in [1.54, 1.807) is 0 Å². The highest BCUT2D eigenvalue weighted by Crippen LogP contribution is 2.23. The number of hydrogen-bond donors (Lipinski definition) is 1. The van der Waals surface area contributed by atoms with Crippen LogP contribution in [0.3, 0.4) is 0 Å². The zero-order chi connectivity index (χ0) is 12.9. The van der Waals surface area contributed by atoms with E-state index in [1.807, 2.05) is 20.8 Å². The summed E-state index contributed by atoms with van der Waals surface area (Å²) in [5.41, 5.74) is -0.474. The number of rotatable bonds is 2. The molecule has 2 N–H and O–H groups in total. The second kappa shape index (κ2) is 6.24. The Bertz CT molecular complexity index is 240. The van der Waals surface area contributed by atoms with Crippen LogP contribution in [0, 0.1) is 5.92 Å². The predicted molar refractivity (Wildman–Crippen MR) is 68.3 cm³/mol. The Morgan fingerprint density at radius 2 is 1.76 bits per heavy atom. The summed E-state index contributed by atoms with van der Waals surface area (Å²) in [5, 5.41) is 1.24. The minimum Gasteiger partial charge on any atom is -0.443 e. The Balaban J connectivity index is 2.36. The summed E-state index contributed by atoms with van der Waals surface area (Å²) in [7, 11) is 0. The fourth-order valence-electron chi connectivity index (χ4n) is 2.22. The molecule has 1 rings (SSSR count). The van der Waals surface area contributed by atoms with Crippen LogP contribution in [0.4, 0.5) is 4.79 Å². The molecule has 0 aromatic carbocycles. The van der Waals surface area contributed by atoms with Gasteiger partial charge in [-0.3, -0.25) is 0 Å². The molecule has 100 valence electrons. The number of hydrogen-bond acceptors (Lipinski definition) is 3. The molecule has 0 aromatic heterocycles. The van der Waals surface area contributed by atoms with E-state index in [0.29, 0.717) is 12.5 Å². The van der Waals surface area contributed by atoms with Gasteiger partial charge < -0.3 is 4.74 Å². The van der Waals surface area contributed by atoms with Gasteiger partial charge in [-0.05, 0) is 39.5 Å². The van der Waals surface area contributed by atoms with Gasteiger partial charge in [0.05, 0.1) is 0 Å². The van der Waals surface area contributed by atoms with Crippen molar-refractivity contribution in [1.29, 1.82) is 0 Å². The molecular weight excluding hydrogens is 216 g/mol. The molecule has 0 spiro atoms. The molecule has 0 radical (unpaired) electrons. The molecule has 17 heavy (non-hydrogen) atoms. The fraction of sp³-hybridized carbons (Fsp3) is 0.923. The topological polar surface area (TPSA) is 55.6 Å². The zero-order valence-electron chi connectivity index (χ0n) is 11.4. The Labute approximate surface area is 104 Å². The third-order valence-electron chi connectivity index (χ3n) is 3.06. The van der Waals surface area contributed by atoms with Crippen LogP contribution in [0.15, 0.2) is 0 Å². The second-order valence-electron chi connectivity index (χ2n) is 5.99. The van der Waals surface area contributed by atoms with Crippen molar-refractivity contribution in [1.82, 2.24) is 5.01 Å². The largest absolute Gasteiger partial charge is 0.443 e. The lowest BCUT2D eigenvalue weighted by Crippen LogP contribution is -2.44. The third kappa shape index (κ3) is 5.91. The van der Waals surface area contributed by atoms with Crippen molar-refractivity contribution in [2.45, 2.75) is 64.9 Å². The van der Waals surface area contributed by atoms with Gasteiger partial charge in [0, 0.05) is 6.54 Å². The first-order valence-electron chi connectivity index (χ1n) is 6.64. The average molecular weight is 242 g/mol. The molecular formula is C13H26N2O2. The Morgan fingerprint density at radius 3 is 2.24 bits per heavy atom. The summed E-state index contributed by atoms with van der Waals surface area (Å²) in [6, 6.07) is 0. The number of amides is 1. The van der Waals surface area contributed by atoms with E-state index in [9.17, 15) is 4.79 Å². The Kier molecular flexibility index (Phi) is 5.25. The maximum atomic E-state index is 11.7. The van der Waals surface area contributed by atoms with Crippen LogP contribution in [-0.4, -0.2) is 23.2 Å². The van der Waals surface area contributed by atoms with Crippen molar-refractivity contribution in [3.63, 3.8) is 0 Å². The van der Waals surface area contributed by atoms with Gasteiger partial charge in [-0.1, -0.05) is 25.7 Å². The number of ether oxygens (including phenoxy) is 1. The molecule has 0 aliphatic heterocycles. The standard InChI is InChI=1S/C13H26N2O2/c1-13(2,3)17-12(16)15(14)10-11-8-6-4-5-7-9-11/h11H,4-10,14H2,1-3H3. The van der Waals surface area contributed by atoms with E-state index in [0.717, 1.165) is 0 Å². The lowest BCUT2D eigenvalue weighted by Gasteiger charge is -2.26. The smallest absolute Gasteiger partial charge is 0.424 e. The molecule has 4 heteroatoms. The number of nitrogens with zero attached hydrogens (tertiary/aromatic N) is 1. The van der Waals surface area contributed by atoms with Crippen LogP contribution in [0.25, 0.3) is 0 Å². The molecule has 1 aliphatic rings. The van der Waals surface area contributed by atoms with Crippen molar-refractivity contribution < 1.29 is 9.53 Å². The summed E-state index contributed by atoms with van der Waals surface area (Å²) in [5.74, 6) is 6.30. The Morgan fingerprint density at radius 1 is 1.24 bits per heavy atom. The summed E-state index contributed by atoms with van der Waals surface area (Å²) in [6.45, 7) is 6.17. The highest BCUT2D eigenvalue weighted by Gasteiger charge is 2.23. The van der Waals surface area contributed by atoms with Crippen LogP contribution in [0.1, 0.15) is 59.3 Å². The molecule has 1 fully saturated rings. The van der Waals surface area contributed by atoms with E-state index in [1.165, 1.54) is 43.5 Å². The van der Waals surface area contributed by atoms with Crippen LogP contribution < -0.4 is 5.84 Å². The van der Waals surface area contributed by atoms with E-state index >= 15 is 0 Å². The number of carbonyl (C=O) groups excluding carboxylic acids is 1. The van der Waals surface area contributed by atoms with Crippen molar-refractivity contribution in [3.8, 4) is 0 Å². The third-order valence-corrected chi connectivity index (χ3v) is 3.06. The van der Waals surface area contributed by atoms with Gasteiger partial charge in [0.15, 0.2) is 0 Å². The second-order valence-corrected chi connectivity index (χ2v) is 5.99. The first-order chi connectivity index (χ1) is 7.88. The number of carbonyl (C=O) groups is 1. The first kappa shape index (κ1) is 14.3. The van der Waals surface area contributed by atoms with Crippen molar-refractivity contribution >= 4 is 6.09 Å². The average Bonchev–Trinajstić information content (AvgIpc) is 2.43. The van der Waals surface area contributed by atoms with E-state index in [-0.39, 0.29) is 0 Å². The summed E-state index contributed by atoms with van der Waals surface area (Å²) < 4.78 is 5.23. The minimum absolute atomic E-state index is 0.415. The van der Waals surface area contributed by atoms with Crippen LogP contribution in [-0.2, 0) is 4.74 Å². The molecule has 0 bridgehead atoms. The first-order valence-corrected chi connectivity index (χ1v) is 6.64. The minimum atomic E-state index is -0.474. The summed E-state index contributed by atoms with van der Waals surface area (Å²) >= 11 is 0. The van der Waals surface area contributed by atoms with Gasteiger partial charge in [-0.25, -0.2) is 15.6 Å². The molecule has 1 amide bonds. The highest BCUT2D eigenvalue weighted by atomic mass is 16.6. The SMILES string of the molecule is CC(C)(C)OC(=O)N(N)CC1CCCCCC1. The van der Waals surface area contributed by atoms with Gasteiger partial charge in [-0.2, -0.15) is 0 Å². The van der Waals surface area contributed by atoms with Crippen LogP contribution >= 0.6 is 0 Å². The molecule has 0 atom stereocenters. The van der Waals surface area contributed by atoms with E-state index in [4.69, 9.17) is 10.6 Å². The van der Waals surface area contributed by atoms with Crippen molar-refractivity contribution in [2.75, 3.05) is 6.54 Å². The maximum absolute atomic E-state index is 11.7. The number of hydrazine groups is 1. The van der Waals surface area contributed by atoms with E-state index < -0.39 is 11.7 Å². The van der Waals surface area contributed by atoms with Crippen molar-refractivity contribution in [3.05, 3.63) is 0 Å². The molecule has 0 heterocycles. The molecule has 4 nitrogen and oxygen atoms in total. The highest BCUT2D eigenvalue weighted by molar-refractivity contribution is 5.67. The molecule has 0 unspecified atom stereocenters. The molecule has 0 aromatic rings. The van der Waals surface area contributed by atoms with Gasteiger partial charge in [0.1, 0.15) is 5.60 Å². The monoisotopic (exact) mass is 242 g/mol. The zero-order valence-corrected chi connectivity index (χ0v) is 11.4. The maximum Gasteiger partial charge on any atom is 0.424 e. The van der Waals surface area contributed by atoms with Crippen LogP contribution in [0.2, 0.25) is 0 Å². The van der Waals surface area contributed by atoms with Gasteiger partial charge in [-0.15, -0.1) is 0 Å². The van der Waals surface area contributed by atoms with Gasteiger partial charge in [0.25, 0.3) is 0 Å². The fourth-order valence-corrected chi connectivity index (χ4v) is 2.22. The number of nitrogens with two attached hydrogens (primary N) is 1. The lowest BCUT2D eigenvalue weighted by molar-refractivity contribution is 0.0213. The van der Waals surface area contributed by atoms with E-state index in [2.05, 4.69) is 0 Å².